The van der Waals surface area contributed by atoms with Crippen molar-refractivity contribution in [3.05, 3.63) is 23.8 Å². The number of aliphatic hydroxyl groups excluding tert-OH is 1. The van der Waals surface area contributed by atoms with Gasteiger partial charge in [0.05, 0.1) is 12.8 Å². The van der Waals surface area contributed by atoms with E-state index < -0.39 is 6.10 Å². The van der Waals surface area contributed by atoms with Crippen LogP contribution in [0.25, 0.3) is 0 Å². The molecule has 0 saturated carbocycles. The van der Waals surface area contributed by atoms with Crippen molar-refractivity contribution in [2.45, 2.75) is 6.10 Å². The zero-order valence-corrected chi connectivity index (χ0v) is 7.07. The first-order chi connectivity index (χ1) is 6.22. The van der Waals surface area contributed by atoms with Gasteiger partial charge >= 0.3 is 0 Å². The van der Waals surface area contributed by atoms with Crippen LogP contribution in [0.15, 0.2) is 18.2 Å². The fourth-order valence-electron chi connectivity index (χ4n) is 1.35. The fraction of sp³-hybridized carbons (Fsp3) is 0.222. The second kappa shape index (κ2) is 2.74. The Labute approximate surface area is 75.1 Å². The number of ether oxygens (including phenoxy) is 1. The number of carbonyl (C=O) groups is 1. The molecule has 1 aromatic carbocycles. The first kappa shape index (κ1) is 8.07. The molecule has 2 N–H and O–H groups in total. The number of anilines is 1. The van der Waals surface area contributed by atoms with Gasteiger partial charge < -0.3 is 15.2 Å². The smallest absolute Gasteiger partial charge is 0.257 e. The predicted molar refractivity (Wildman–Crippen MR) is 46.6 cm³/mol. The molecule has 0 aliphatic carbocycles. The van der Waals surface area contributed by atoms with Crippen molar-refractivity contribution in [1.82, 2.24) is 0 Å². The highest BCUT2D eigenvalue weighted by atomic mass is 16.5. The maximum Gasteiger partial charge on any atom is 0.257 e. The van der Waals surface area contributed by atoms with Crippen molar-refractivity contribution >= 4 is 11.6 Å². The van der Waals surface area contributed by atoms with Gasteiger partial charge in [-0.1, -0.05) is 6.07 Å². The number of amides is 1. The van der Waals surface area contributed by atoms with Gasteiger partial charge in [0.2, 0.25) is 0 Å². The molecule has 1 aliphatic rings. The van der Waals surface area contributed by atoms with Crippen molar-refractivity contribution in [2.75, 3.05) is 12.4 Å². The predicted octanol–water partition coefficient (Wildman–Crippen LogP) is 0.681. The third-order valence-corrected chi connectivity index (χ3v) is 2.06. The second-order valence-corrected chi connectivity index (χ2v) is 2.84. The van der Waals surface area contributed by atoms with Crippen LogP contribution in [0.5, 0.6) is 5.75 Å². The van der Waals surface area contributed by atoms with E-state index >= 15 is 0 Å². The minimum atomic E-state index is -1.04. The van der Waals surface area contributed by atoms with Gasteiger partial charge in [-0.25, -0.2) is 0 Å². The van der Waals surface area contributed by atoms with E-state index in [1.54, 1.807) is 25.3 Å². The van der Waals surface area contributed by atoms with Crippen LogP contribution < -0.4 is 10.1 Å². The number of carbonyl (C=O) groups excluding carboxylic acids is 1. The Balaban J connectivity index is 2.46. The standard InChI is InChI=1S/C9H9NO3/c1-13-5-2-3-6-7(4-5)10-9(12)8(6)11/h2-4,8,11H,1H3,(H,10,12)/t8-/m0/s1. The summed E-state index contributed by atoms with van der Waals surface area (Å²) in [5.74, 6) is 0.274. The molecule has 4 nitrogen and oxygen atoms in total. The Morgan fingerprint density at radius 1 is 1.54 bits per heavy atom. The maximum absolute atomic E-state index is 11.0. The third kappa shape index (κ3) is 1.15. The highest BCUT2D eigenvalue weighted by Crippen LogP contribution is 2.33. The molecule has 0 bridgehead atoms. The number of hydrogen-bond acceptors (Lipinski definition) is 3. The summed E-state index contributed by atoms with van der Waals surface area (Å²) in [6.45, 7) is 0. The Hall–Kier alpha value is -1.55. The fourth-order valence-corrected chi connectivity index (χ4v) is 1.35. The van der Waals surface area contributed by atoms with Crippen molar-refractivity contribution in [1.29, 1.82) is 0 Å². The third-order valence-electron chi connectivity index (χ3n) is 2.06. The average Bonchev–Trinajstić information content (AvgIpc) is 2.42. The van der Waals surface area contributed by atoms with E-state index in [4.69, 9.17) is 4.74 Å². The number of hydrogen-bond donors (Lipinski definition) is 2. The van der Waals surface area contributed by atoms with E-state index in [1.807, 2.05) is 0 Å². The van der Waals surface area contributed by atoms with Gasteiger partial charge in [-0.05, 0) is 6.07 Å². The van der Waals surface area contributed by atoms with E-state index in [1.165, 1.54) is 0 Å². The summed E-state index contributed by atoms with van der Waals surface area (Å²) in [6.07, 6.45) is -1.04. The Morgan fingerprint density at radius 2 is 2.31 bits per heavy atom. The molecule has 1 amide bonds. The number of methoxy groups -OCH3 is 1. The first-order valence-corrected chi connectivity index (χ1v) is 3.89. The summed E-state index contributed by atoms with van der Waals surface area (Å²) >= 11 is 0. The van der Waals surface area contributed by atoms with Crippen LogP contribution in [0, 0.1) is 0 Å². The highest BCUT2D eigenvalue weighted by Gasteiger charge is 2.28. The molecule has 0 aromatic heterocycles. The van der Waals surface area contributed by atoms with E-state index in [2.05, 4.69) is 5.32 Å². The number of fused-ring (bicyclic) bond motifs is 1. The molecule has 13 heavy (non-hydrogen) atoms. The van der Waals surface area contributed by atoms with Crippen LogP contribution in [-0.2, 0) is 4.79 Å². The lowest BCUT2D eigenvalue weighted by atomic mass is 10.1. The molecule has 2 rings (SSSR count). The minimum absolute atomic E-state index is 0.386. The Bertz CT molecular complexity index is 362. The molecular formula is C9H9NO3. The lowest BCUT2D eigenvalue weighted by Gasteiger charge is -2.02. The molecule has 4 heteroatoms. The monoisotopic (exact) mass is 179 g/mol. The SMILES string of the molecule is COc1ccc2c(c1)NC(=O)[C@H]2O. The summed E-state index contributed by atoms with van der Waals surface area (Å²) in [7, 11) is 1.55. The summed E-state index contributed by atoms with van der Waals surface area (Å²) < 4.78 is 4.98. The minimum Gasteiger partial charge on any atom is -0.497 e. The van der Waals surface area contributed by atoms with E-state index in [0.717, 1.165) is 0 Å². The molecule has 0 spiro atoms. The van der Waals surface area contributed by atoms with Crippen LogP contribution in [0.3, 0.4) is 0 Å². The normalized spacial score (nSPS) is 19.5. The highest BCUT2D eigenvalue weighted by molar-refractivity contribution is 6.01. The van der Waals surface area contributed by atoms with Crippen LogP contribution >= 0.6 is 0 Å². The summed E-state index contributed by atoms with van der Waals surface area (Å²) in [4.78, 5) is 11.0. The molecule has 68 valence electrons. The van der Waals surface area contributed by atoms with Crippen molar-refractivity contribution < 1.29 is 14.6 Å². The van der Waals surface area contributed by atoms with Crippen LogP contribution in [0.1, 0.15) is 11.7 Å². The number of aliphatic hydroxyl groups is 1. The van der Waals surface area contributed by atoms with Gasteiger partial charge in [0, 0.05) is 11.6 Å². The van der Waals surface area contributed by atoms with Crippen molar-refractivity contribution in [3.8, 4) is 5.75 Å². The Kier molecular flexibility index (Phi) is 1.70. The molecule has 0 unspecified atom stereocenters. The molecule has 0 saturated heterocycles. The maximum atomic E-state index is 11.0. The van der Waals surface area contributed by atoms with Gasteiger partial charge in [-0.3, -0.25) is 4.79 Å². The Morgan fingerprint density at radius 3 is 3.00 bits per heavy atom. The molecule has 0 radical (unpaired) electrons. The van der Waals surface area contributed by atoms with E-state index in [0.29, 0.717) is 17.0 Å². The average molecular weight is 179 g/mol. The largest absolute Gasteiger partial charge is 0.497 e. The number of rotatable bonds is 1. The van der Waals surface area contributed by atoms with Crippen molar-refractivity contribution in [2.24, 2.45) is 0 Å². The zero-order valence-electron chi connectivity index (χ0n) is 7.07. The lowest BCUT2D eigenvalue weighted by molar-refractivity contribution is -0.123. The summed E-state index contributed by atoms with van der Waals surface area (Å²) in [5.41, 5.74) is 1.22. The van der Waals surface area contributed by atoms with Gasteiger partial charge in [-0.2, -0.15) is 0 Å². The molecule has 1 aromatic rings. The molecule has 1 heterocycles. The zero-order chi connectivity index (χ0) is 9.42. The van der Waals surface area contributed by atoms with E-state index in [-0.39, 0.29) is 5.91 Å². The summed E-state index contributed by atoms with van der Waals surface area (Å²) in [5, 5.41) is 11.9. The molecular weight excluding hydrogens is 170 g/mol. The van der Waals surface area contributed by atoms with Gasteiger partial charge in [-0.15, -0.1) is 0 Å². The van der Waals surface area contributed by atoms with Crippen LogP contribution in [0.2, 0.25) is 0 Å². The van der Waals surface area contributed by atoms with Gasteiger partial charge in [0.1, 0.15) is 5.75 Å². The lowest BCUT2D eigenvalue weighted by Crippen LogP contribution is -2.10. The molecule has 1 atom stereocenters. The molecule has 0 fully saturated rings. The molecule has 1 aliphatic heterocycles. The number of nitrogens with one attached hydrogen (secondary N) is 1. The second-order valence-electron chi connectivity index (χ2n) is 2.84. The quantitative estimate of drug-likeness (QED) is 0.666. The number of benzene rings is 1. The van der Waals surface area contributed by atoms with E-state index in [9.17, 15) is 9.90 Å². The summed E-state index contributed by atoms with van der Waals surface area (Å²) in [6, 6.07) is 5.07. The van der Waals surface area contributed by atoms with Crippen LogP contribution in [-0.4, -0.2) is 18.1 Å². The van der Waals surface area contributed by atoms with Crippen molar-refractivity contribution in [3.63, 3.8) is 0 Å². The van der Waals surface area contributed by atoms with Gasteiger partial charge in [0.25, 0.3) is 5.91 Å². The van der Waals surface area contributed by atoms with Gasteiger partial charge in [0.15, 0.2) is 6.10 Å². The van der Waals surface area contributed by atoms with Crippen LogP contribution in [0.4, 0.5) is 5.69 Å². The topological polar surface area (TPSA) is 58.6 Å². The first-order valence-electron chi connectivity index (χ1n) is 3.89.